The number of ether oxygens (including phenoxy) is 1. The molecular weight excluding hydrogens is 510 g/mol. The summed E-state index contributed by atoms with van der Waals surface area (Å²) in [5.74, 6) is 0.828. The van der Waals surface area contributed by atoms with Crippen molar-refractivity contribution in [1.29, 1.82) is 0 Å². The number of carbonyl (C=O) groups is 1. The number of amides is 1. The van der Waals surface area contributed by atoms with Gasteiger partial charge in [-0.25, -0.2) is 13.4 Å². The first-order valence-corrected chi connectivity index (χ1v) is 14.4. The first-order valence-electron chi connectivity index (χ1n) is 12.0. The highest BCUT2D eigenvalue weighted by atomic mass is 32.2. The van der Waals surface area contributed by atoms with E-state index in [1.165, 1.54) is 11.3 Å². The third-order valence-electron chi connectivity index (χ3n) is 6.78. The van der Waals surface area contributed by atoms with Crippen LogP contribution in [0.5, 0.6) is 5.75 Å². The molecule has 1 saturated heterocycles. The molecule has 5 rings (SSSR count). The molecule has 1 amide bonds. The Kier molecular flexibility index (Phi) is 6.82. The second-order valence-corrected chi connectivity index (χ2v) is 11.7. The molecule has 11 heteroatoms. The van der Waals surface area contributed by atoms with Crippen LogP contribution in [0.15, 0.2) is 71.2 Å². The Bertz CT molecular complexity index is 1500. The summed E-state index contributed by atoms with van der Waals surface area (Å²) in [5, 5.41) is 3.11. The van der Waals surface area contributed by atoms with E-state index < -0.39 is 10.0 Å². The van der Waals surface area contributed by atoms with E-state index >= 15 is 0 Å². The first kappa shape index (κ1) is 25.1. The maximum absolute atomic E-state index is 13.5. The highest BCUT2D eigenvalue weighted by molar-refractivity contribution is 7.93. The fourth-order valence-electron chi connectivity index (χ4n) is 4.76. The van der Waals surface area contributed by atoms with Gasteiger partial charge in [0, 0.05) is 55.2 Å². The van der Waals surface area contributed by atoms with E-state index in [0.717, 1.165) is 22.3 Å². The van der Waals surface area contributed by atoms with Gasteiger partial charge in [0.15, 0.2) is 5.13 Å². The zero-order chi connectivity index (χ0) is 26.2. The number of piperazine rings is 1. The maximum atomic E-state index is 13.5. The smallest absolute Gasteiger partial charge is 0.263 e. The van der Waals surface area contributed by atoms with Crippen molar-refractivity contribution in [3.8, 4) is 5.75 Å². The lowest BCUT2D eigenvalue weighted by Crippen LogP contribution is -2.55. The minimum absolute atomic E-state index is 0.00459. The number of hydrogen-bond acceptors (Lipinski definition) is 7. The largest absolute Gasteiger partial charge is 0.497 e. The molecule has 2 aromatic carbocycles. The molecule has 2 aromatic heterocycles. The van der Waals surface area contributed by atoms with Crippen LogP contribution in [0, 0.1) is 0 Å². The van der Waals surface area contributed by atoms with Gasteiger partial charge in [0.25, 0.3) is 10.0 Å². The number of nitrogens with one attached hydrogen (secondary N) is 1. The van der Waals surface area contributed by atoms with Crippen molar-refractivity contribution in [3.05, 3.63) is 66.3 Å². The number of nitrogens with zero attached hydrogens (tertiary/aromatic N) is 4. The highest BCUT2D eigenvalue weighted by Crippen LogP contribution is 2.28. The second-order valence-electron chi connectivity index (χ2n) is 9.09. The number of anilines is 2. The lowest BCUT2D eigenvalue weighted by molar-refractivity contribution is -0.136. The summed E-state index contributed by atoms with van der Waals surface area (Å²) < 4.78 is 35.1. The Morgan fingerprint density at radius 3 is 2.62 bits per heavy atom. The zero-order valence-corrected chi connectivity index (χ0v) is 22.5. The second kappa shape index (κ2) is 10.1. The number of thiazole rings is 1. The summed E-state index contributed by atoms with van der Waals surface area (Å²) in [5.41, 5.74) is 1.88. The van der Waals surface area contributed by atoms with Crippen LogP contribution in [0.3, 0.4) is 0 Å². The van der Waals surface area contributed by atoms with E-state index in [1.54, 1.807) is 30.8 Å². The van der Waals surface area contributed by atoms with E-state index in [2.05, 4.69) is 14.6 Å². The van der Waals surface area contributed by atoms with Gasteiger partial charge in [-0.2, -0.15) is 0 Å². The highest BCUT2D eigenvalue weighted by Gasteiger charge is 2.31. The molecule has 0 spiro atoms. The standard InChI is InChI=1S/C26H29N5O4S2/c1-18-17-29(21-5-8-23(9-6-21)37(33,34)28-26-27-11-15-36-26)13-14-30(18)25(32)19(2)31-12-10-20-4-7-22(35-3)16-24(20)31/h4-12,15-16,18-19H,13-14,17H2,1-3H3,(H,27,28). The van der Waals surface area contributed by atoms with Gasteiger partial charge in [-0.3, -0.25) is 9.52 Å². The number of sulfonamides is 1. The molecule has 3 heterocycles. The molecule has 1 N–H and O–H groups in total. The van der Waals surface area contributed by atoms with E-state index in [-0.39, 0.29) is 22.9 Å². The van der Waals surface area contributed by atoms with Crippen LogP contribution in [0.1, 0.15) is 19.9 Å². The molecule has 0 radical (unpaired) electrons. The predicted octanol–water partition coefficient (Wildman–Crippen LogP) is 4.21. The molecule has 194 valence electrons. The van der Waals surface area contributed by atoms with Crippen molar-refractivity contribution >= 4 is 49.0 Å². The van der Waals surface area contributed by atoms with Gasteiger partial charge in [0.2, 0.25) is 5.91 Å². The summed E-state index contributed by atoms with van der Waals surface area (Å²) in [6, 6.07) is 14.3. The molecule has 4 aromatic rings. The average molecular weight is 540 g/mol. The van der Waals surface area contributed by atoms with E-state index in [0.29, 0.717) is 24.8 Å². The van der Waals surface area contributed by atoms with Crippen molar-refractivity contribution < 1.29 is 17.9 Å². The van der Waals surface area contributed by atoms with Gasteiger partial charge >= 0.3 is 0 Å². The van der Waals surface area contributed by atoms with Crippen molar-refractivity contribution in [2.75, 3.05) is 36.4 Å². The molecule has 2 atom stereocenters. The summed E-state index contributed by atoms with van der Waals surface area (Å²) in [4.78, 5) is 21.8. The first-order chi connectivity index (χ1) is 17.8. The number of hydrogen-bond donors (Lipinski definition) is 1. The van der Waals surface area contributed by atoms with Crippen LogP contribution >= 0.6 is 11.3 Å². The number of fused-ring (bicyclic) bond motifs is 1. The Labute approximate surface area is 220 Å². The number of rotatable bonds is 7. The summed E-state index contributed by atoms with van der Waals surface area (Å²) in [6.07, 6.45) is 3.50. The summed E-state index contributed by atoms with van der Waals surface area (Å²) in [6.45, 7) is 5.87. The van der Waals surface area contributed by atoms with Crippen LogP contribution in [0.25, 0.3) is 10.9 Å². The van der Waals surface area contributed by atoms with Gasteiger partial charge in [0.1, 0.15) is 11.8 Å². The van der Waals surface area contributed by atoms with Gasteiger partial charge in [-0.05, 0) is 61.7 Å². The van der Waals surface area contributed by atoms with Crippen LogP contribution in [0.2, 0.25) is 0 Å². The number of carbonyl (C=O) groups excluding carboxylic acids is 1. The average Bonchev–Trinajstić information content (AvgIpc) is 3.57. The zero-order valence-electron chi connectivity index (χ0n) is 20.9. The Balaban J connectivity index is 1.26. The molecule has 0 bridgehead atoms. The van der Waals surface area contributed by atoms with Crippen LogP contribution in [-0.2, 0) is 14.8 Å². The van der Waals surface area contributed by atoms with Crippen LogP contribution in [-0.4, -0.2) is 61.6 Å². The third kappa shape index (κ3) is 5.01. The number of aromatic nitrogens is 2. The lowest BCUT2D eigenvalue weighted by Gasteiger charge is -2.42. The van der Waals surface area contributed by atoms with E-state index in [4.69, 9.17) is 4.74 Å². The molecule has 1 aliphatic heterocycles. The maximum Gasteiger partial charge on any atom is 0.263 e. The lowest BCUT2D eigenvalue weighted by atomic mass is 10.1. The molecule has 37 heavy (non-hydrogen) atoms. The van der Waals surface area contributed by atoms with Crippen molar-refractivity contribution in [2.24, 2.45) is 0 Å². The van der Waals surface area contributed by atoms with E-state index in [1.807, 2.05) is 65.9 Å². The monoisotopic (exact) mass is 539 g/mol. The summed E-state index contributed by atoms with van der Waals surface area (Å²) >= 11 is 1.23. The van der Waals surface area contributed by atoms with Crippen LogP contribution in [0.4, 0.5) is 10.8 Å². The fourth-order valence-corrected chi connectivity index (χ4v) is 6.54. The third-order valence-corrected chi connectivity index (χ3v) is 8.95. The van der Waals surface area contributed by atoms with Crippen molar-refractivity contribution in [1.82, 2.24) is 14.5 Å². The minimum Gasteiger partial charge on any atom is -0.497 e. The fraction of sp³-hybridized carbons (Fsp3) is 0.308. The van der Waals surface area contributed by atoms with Gasteiger partial charge < -0.3 is 19.1 Å². The van der Waals surface area contributed by atoms with Crippen molar-refractivity contribution in [2.45, 2.75) is 30.8 Å². The molecule has 1 aliphatic rings. The van der Waals surface area contributed by atoms with Crippen LogP contribution < -0.4 is 14.4 Å². The van der Waals surface area contributed by atoms with E-state index in [9.17, 15) is 13.2 Å². The minimum atomic E-state index is -3.70. The number of methoxy groups -OCH3 is 1. The molecule has 2 unspecified atom stereocenters. The SMILES string of the molecule is COc1ccc2ccn(C(C)C(=O)N3CCN(c4ccc(S(=O)(=O)Nc5nccs5)cc4)CC3C)c2c1. The molecule has 0 aliphatic carbocycles. The normalized spacial score (nSPS) is 17.1. The quantitative estimate of drug-likeness (QED) is 0.378. The molecule has 0 saturated carbocycles. The molecular formula is C26H29N5O4S2. The Morgan fingerprint density at radius 1 is 1.16 bits per heavy atom. The Morgan fingerprint density at radius 2 is 1.95 bits per heavy atom. The van der Waals surface area contributed by atoms with Gasteiger partial charge in [0.05, 0.1) is 17.5 Å². The Hall–Kier alpha value is -3.57. The number of benzene rings is 2. The van der Waals surface area contributed by atoms with Crippen molar-refractivity contribution in [3.63, 3.8) is 0 Å². The predicted molar refractivity (Wildman–Crippen MR) is 146 cm³/mol. The molecule has 9 nitrogen and oxygen atoms in total. The van der Waals surface area contributed by atoms with Gasteiger partial charge in [-0.1, -0.05) is 0 Å². The molecule has 1 fully saturated rings. The van der Waals surface area contributed by atoms with Gasteiger partial charge in [-0.15, -0.1) is 11.3 Å². The topological polar surface area (TPSA) is 96.8 Å². The summed E-state index contributed by atoms with van der Waals surface area (Å²) in [7, 11) is -2.06.